The lowest BCUT2D eigenvalue weighted by Gasteiger charge is -2.20. The van der Waals surface area contributed by atoms with Crippen LogP contribution in [0.25, 0.3) is 0 Å². The summed E-state index contributed by atoms with van der Waals surface area (Å²) in [5.41, 5.74) is 0.773. The predicted octanol–water partition coefficient (Wildman–Crippen LogP) is 0.824. The van der Waals surface area contributed by atoms with Crippen molar-refractivity contribution in [1.29, 1.82) is 0 Å². The summed E-state index contributed by atoms with van der Waals surface area (Å²) in [6.07, 6.45) is 1.81. The van der Waals surface area contributed by atoms with E-state index in [1.54, 1.807) is 31.1 Å². The lowest BCUT2D eigenvalue weighted by molar-refractivity contribution is -0.137. The molecule has 0 aromatic carbocycles. The van der Waals surface area contributed by atoms with Crippen LogP contribution in [0.5, 0.6) is 0 Å². The summed E-state index contributed by atoms with van der Waals surface area (Å²) in [6.45, 7) is 2.28. The van der Waals surface area contributed by atoms with Gasteiger partial charge >= 0.3 is 0 Å². The first kappa shape index (κ1) is 18.6. The van der Waals surface area contributed by atoms with Gasteiger partial charge in [0.15, 0.2) is 5.82 Å². The molecule has 0 bridgehead atoms. The Bertz CT molecular complexity index is 835. The molecule has 0 spiro atoms. The monoisotopic (exact) mass is 371 g/mol. The molecule has 0 aliphatic carbocycles. The van der Waals surface area contributed by atoms with Crippen molar-refractivity contribution >= 4 is 23.5 Å². The van der Waals surface area contributed by atoms with Gasteiger partial charge in [-0.1, -0.05) is 11.2 Å². The molecule has 3 rings (SSSR count). The molecule has 2 aromatic rings. The number of likely N-dealkylation sites (N-methyl/N-ethyl adjacent to an activating group) is 1. The first-order valence-electron chi connectivity index (χ1n) is 8.58. The molecule has 2 aromatic heterocycles. The zero-order chi connectivity index (χ0) is 19.4. The van der Waals surface area contributed by atoms with Crippen LogP contribution in [0.3, 0.4) is 0 Å². The van der Waals surface area contributed by atoms with Gasteiger partial charge in [0.25, 0.3) is 0 Å². The number of likely N-dealkylation sites (tertiary alicyclic amines) is 1. The Labute approximate surface area is 156 Å². The third kappa shape index (κ3) is 4.69. The molecule has 1 atom stereocenters. The second-order valence-corrected chi connectivity index (χ2v) is 6.56. The normalized spacial score (nSPS) is 16.4. The van der Waals surface area contributed by atoms with Gasteiger partial charge in [-0.25, -0.2) is 0 Å². The van der Waals surface area contributed by atoms with Crippen molar-refractivity contribution in [3.8, 4) is 0 Å². The Morgan fingerprint density at radius 1 is 1.41 bits per heavy atom. The number of aryl methyl sites for hydroxylation is 1. The molecule has 1 aliphatic rings. The molecule has 9 heteroatoms. The van der Waals surface area contributed by atoms with Gasteiger partial charge in [0.2, 0.25) is 17.7 Å². The Kier molecular flexibility index (Phi) is 5.49. The number of hydrogen-bond donors (Lipinski definition) is 1. The molecule has 0 radical (unpaired) electrons. The molecule has 1 N–H and O–H groups in total. The third-order valence-corrected chi connectivity index (χ3v) is 4.30. The van der Waals surface area contributed by atoms with E-state index in [-0.39, 0.29) is 30.7 Å². The number of nitrogens with zero attached hydrogens (tertiary/aromatic N) is 4. The molecular weight excluding hydrogens is 350 g/mol. The molecule has 1 aliphatic heterocycles. The summed E-state index contributed by atoms with van der Waals surface area (Å²) in [5, 5.41) is 6.24. The van der Waals surface area contributed by atoms with Crippen LogP contribution < -0.4 is 5.32 Å². The van der Waals surface area contributed by atoms with Crippen LogP contribution in [0.4, 0.5) is 5.82 Å². The molecule has 3 heterocycles. The van der Waals surface area contributed by atoms with Crippen LogP contribution in [-0.2, 0) is 20.9 Å². The highest BCUT2D eigenvalue weighted by Gasteiger charge is 2.36. The van der Waals surface area contributed by atoms with Gasteiger partial charge in [0.05, 0.1) is 24.7 Å². The summed E-state index contributed by atoms with van der Waals surface area (Å²) >= 11 is 0. The SMILES string of the molecule is Cc1cc(NC(=O)CN(C)C(=O)C2CC(=O)N(Cc3ccccn3)C2)no1. The van der Waals surface area contributed by atoms with Gasteiger partial charge in [0.1, 0.15) is 5.76 Å². The van der Waals surface area contributed by atoms with Crippen LogP contribution in [0.1, 0.15) is 17.9 Å². The van der Waals surface area contributed by atoms with Crippen molar-refractivity contribution in [2.24, 2.45) is 5.92 Å². The van der Waals surface area contributed by atoms with Crippen LogP contribution in [0.2, 0.25) is 0 Å². The number of hydrogen-bond acceptors (Lipinski definition) is 6. The Balaban J connectivity index is 1.52. The number of amides is 3. The summed E-state index contributed by atoms with van der Waals surface area (Å²) in [7, 11) is 1.54. The lowest BCUT2D eigenvalue weighted by atomic mass is 10.1. The highest BCUT2D eigenvalue weighted by Crippen LogP contribution is 2.21. The maximum atomic E-state index is 12.6. The first-order chi connectivity index (χ1) is 12.9. The molecule has 142 valence electrons. The molecule has 0 saturated carbocycles. The van der Waals surface area contributed by atoms with Crippen molar-refractivity contribution in [3.63, 3.8) is 0 Å². The Morgan fingerprint density at radius 3 is 2.89 bits per heavy atom. The lowest BCUT2D eigenvalue weighted by Crippen LogP contribution is -2.39. The highest BCUT2D eigenvalue weighted by atomic mass is 16.5. The Morgan fingerprint density at radius 2 is 2.22 bits per heavy atom. The second-order valence-electron chi connectivity index (χ2n) is 6.56. The standard InChI is InChI=1S/C18H21N5O4/c1-12-7-15(21-27-12)20-16(24)11-22(2)18(26)13-8-17(25)23(9-13)10-14-5-3-4-6-19-14/h3-7,13H,8-11H2,1-2H3,(H,20,21,24). The average molecular weight is 371 g/mol. The van der Waals surface area contributed by atoms with Gasteiger partial charge in [-0.05, 0) is 19.1 Å². The smallest absolute Gasteiger partial charge is 0.245 e. The number of carbonyl (C=O) groups is 3. The van der Waals surface area contributed by atoms with E-state index >= 15 is 0 Å². The maximum Gasteiger partial charge on any atom is 0.245 e. The number of pyridine rings is 1. The van der Waals surface area contributed by atoms with Gasteiger partial charge in [-0.3, -0.25) is 19.4 Å². The fourth-order valence-corrected chi connectivity index (χ4v) is 2.99. The van der Waals surface area contributed by atoms with E-state index in [4.69, 9.17) is 4.52 Å². The fourth-order valence-electron chi connectivity index (χ4n) is 2.99. The van der Waals surface area contributed by atoms with Crippen LogP contribution in [0, 0.1) is 12.8 Å². The highest BCUT2D eigenvalue weighted by molar-refractivity contribution is 5.95. The van der Waals surface area contributed by atoms with Crippen molar-refractivity contribution in [2.75, 3.05) is 25.5 Å². The van der Waals surface area contributed by atoms with E-state index in [1.807, 2.05) is 18.2 Å². The van der Waals surface area contributed by atoms with Gasteiger partial charge in [-0.2, -0.15) is 0 Å². The molecule has 3 amide bonds. The quantitative estimate of drug-likeness (QED) is 0.805. The number of aromatic nitrogens is 2. The zero-order valence-electron chi connectivity index (χ0n) is 15.2. The molecule has 27 heavy (non-hydrogen) atoms. The van der Waals surface area contributed by atoms with E-state index in [9.17, 15) is 14.4 Å². The summed E-state index contributed by atoms with van der Waals surface area (Å²) in [5.74, 6) is -0.293. The van der Waals surface area contributed by atoms with Crippen molar-refractivity contribution in [2.45, 2.75) is 19.9 Å². The Hall–Kier alpha value is -3.23. The van der Waals surface area contributed by atoms with Crippen molar-refractivity contribution in [3.05, 3.63) is 41.9 Å². The average Bonchev–Trinajstić information content (AvgIpc) is 3.20. The molecule has 1 fully saturated rings. The second kappa shape index (κ2) is 7.98. The number of nitrogens with one attached hydrogen (secondary N) is 1. The van der Waals surface area contributed by atoms with Crippen molar-refractivity contribution in [1.82, 2.24) is 19.9 Å². The minimum Gasteiger partial charge on any atom is -0.360 e. The largest absolute Gasteiger partial charge is 0.360 e. The van der Waals surface area contributed by atoms with E-state index in [1.165, 1.54) is 4.90 Å². The first-order valence-corrected chi connectivity index (χ1v) is 8.58. The number of rotatable bonds is 6. The molecule has 9 nitrogen and oxygen atoms in total. The van der Waals surface area contributed by atoms with E-state index in [0.29, 0.717) is 24.7 Å². The van der Waals surface area contributed by atoms with Gasteiger partial charge in [0, 0.05) is 32.3 Å². The molecule has 1 unspecified atom stereocenters. The zero-order valence-corrected chi connectivity index (χ0v) is 15.2. The third-order valence-electron chi connectivity index (χ3n) is 4.30. The maximum absolute atomic E-state index is 12.6. The van der Waals surface area contributed by atoms with Crippen molar-refractivity contribution < 1.29 is 18.9 Å². The summed E-state index contributed by atoms with van der Waals surface area (Å²) in [6, 6.07) is 7.09. The number of anilines is 1. The predicted molar refractivity (Wildman–Crippen MR) is 95.3 cm³/mol. The van der Waals surface area contributed by atoms with Crippen LogP contribution in [0.15, 0.2) is 35.0 Å². The van der Waals surface area contributed by atoms with E-state index in [0.717, 1.165) is 5.69 Å². The van der Waals surface area contributed by atoms with Gasteiger partial charge in [-0.15, -0.1) is 0 Å². The minimum absolute atomic E-state index is 0.0880. The van der Waals surface area contributed by atoms with E-state index in [2.05, 4.69) is 15.5 Å². The van der Waals surface area contributed by atoms with Crippen LogP contribution in [-0.4, -0.2) is 57.8 Å². The summed E-state index contributed by atoms with van der Waals surface area (Å²) in [4.78, 5) is 44.0. The van der Waals surface area contributed by atoms with Gasteiger partial charge < -0.3 is 19.6 Å². The molecular formula is C18H21N5O4. The summed E-state index contributed by atoms with van der Waals surface area (Å²) < 4.78 is 4.88. The number of carbonyl (C=O) groups excluding carboxylic acids is 3. The minimum atomic E-state index is -0.465. The van der Waals surface area contributed by atoms with E-state index < -0.39 is 5.92 Å². The van der Waals surface area contributed by atoms with Crippen LogP contribution >= 0.6 is 0 Å². The molecule has 1 saturated heterocycles. The fraction of sp³-hybridized carbons (Fsp3) is 0.389. The topological polar surface area (TPSA) is 109 Å².